The summed E-state index contributed by atoms with van der Waals surface area (Å²) in [4.78, 5) is 19.7. The van der Waals surface area contributed by atoms with Crippen molar-refractivity contribution in [3.63, 3.8) is 0 Å². The van der Waals surface area contributed by atoms with Crippen molar-refractivity contribution in [2.24, 2.45) is 0 Å². The van der Waals surface area contributed by atoms with Gasteiger partial charge in [-0.2, -0.15) is 12.6 Å². The topological polar surface area (TPSA) is 74.6 Å². The lowest BCUT2D eigenvalue weighted by Crippen LogP contribution is -1.93. The van der Waals surface area contributed by atoms with Gasteiger partial charge in [0.05, 0.1) is 5.75 Å². The van der Waals surface area contributed by atoms with E-state index in [9.17, 15) is 9.59 Å². The van der Waals surface area contributed by atoms with Crippen LogP contribution >= 0.6 is 12.6 Å². The number of hydrogen-bond donors (Lipinski definition) is 3. The average molecular weight is 405 g/mol. The van der Waals surface area contributed by atoms with Crippen LogP contribution in [0, 0.1) is 0 Å². The van der Waals surface area contributed by atoms with Crippen LogP contribution in [0.15, 0.2) is 0 Å². The maximum atomic E-state index is 10.4. The van der Waals surface area contributed by atoms with E-state index in [1.807, 2.05) is 0 Å². The molecular weight excluding hydrogens is 360 g/mol. The minimum absolute atomic E-state index is 0.0833. The van der Waals surface area contributed by atoms with Crippen molar-refractivity contribution in [1.82, 2.24) is 0 Å². The molecule has 0 heterocycles. The van der Waals surface area contributed by atoms with Gasteiger partial charge in [-0.3, -0.25) is 9.59 Å². The smallest absolute Gasteiger partial charge is 0.313 e. The Hall–Kier alpha value is -0.710. The summed E-state index contributed by atoms with van der Waals surface area (Å²) < 4.78 is 0. The van der Waals surface area contributed by atoms with Gasteiger partial charge in [-0.05, 0) is 6.42 Å². The molecule has 0 aromatic heterocycles. The predicted octanol–water partition coefficient (Wildman–Crippen LogP) is 7.11. The maximum absolute atomic E-state index is 10.4. The van der Waals surface area contributed by atoms with Crippen molar-refractivity contribution in [2.45, 2.75) is 122 Å². The summed E-state index contributed by atoms with van der Waals surface area (Å²) in [5.74, 6) is -1.62. The van der Waals surface area contributed by atoms with Crippen LogP contribution in [0.25, 0.3) is 0 Å². The first kappa shape index (κ1) is 28.5. The molecule has 0 amide bonds. The summed E-state index contributed by atoms with van der Waals surface area (Å²) >= 11 is 3.42. The fourth-order valence-corrected chi connectivity index (χ4v) is 3.00. The van der Waals surface area contributed by atoms with Gasteiger partial charge in [-0.15, -0.1) is 0 Å². The molecule has 0 unspecified atom stereocenters. The zero-order valence-corrected chi connectivity index (χ0v) is 18.5. The minimum atomic E-state index is -0.881. The van der Waals surface area contributed by atoms with Crippen LogP contribution in [-0.4, -0.2) is 27.9 Å². The molecule has 0 aliphatic rings. The SMILES string of the molecule is CCCCCCCCCCCCCCCCCCCC(=O)O.O=C(O)CS. The Balaban J connectivity index is 0. The van der Waals surface area contributed by atoms with Crippen molar-refractivity contribution >= 4 is 24.6 Å². The van der Waals surface area contributed by atoms with E-state index in [-0.39, 0.29) is 5.75 Å². The molecule has 0 atom stereocenters. The lowest BCUT2D eigenvalue weighted by Gasteiger charge is -2.03. The van der Waals surface area contributed by atoms with Crippen molar-refractivity contribution in [1.29, 1.82) is 0 Å². The number of aliphatic carboxylic acids is 2. The third-order valence-corrected chi connectivity index (χ3v) is 4.90. The number of unbranched alkanes of at least 4 members (excludes halogenated alkanes) is 16. The number of hydrogen-bond acceptors (Lipinski definition) is 3. The first-order valence-corrected chi connectivity index (χ1v) is 11.7. The molecule has 0 radical (unpaired) electrons. The van der Waals surface area contributed by atoms with Crippen LogP contribution in [0.2, 0.25) is 0 Å². The third kappa shape index (κ3) is 33.3. The molecule has 0 aromatic carbocycles. The van der Waals surface area contributed by atoms with Gasteiger partial charge in [0.1, 0.15) is 0 Å². The Morgan fingerprint density at radius 2 is 0.815 bits per heavy atom. The fraction of sp³-hybridized carbons (Fsp3) is 0.909. The maximum Gasteiger partial charge on any atom is 0.313 e. The molecule has 4 nitrogen and oxygen atoms in total. The molecular formula is C22H44O4S. The van der Waals surface area contributed by atoms with Crippen molar-refractivity contribution in [3.05, 3.63) is 0 Å². The van der Waals surface area contributed by atoms with Gasteiger partial charge in [0.2, 0.25) is 0 Å². The van der Waals surface area contributed by atoms with Crippen molar-refractivity contribution in [3.8, 4) is 0 Å². The van der Waals surface area contributed by atoms with Gasteiger partial charge < -0.3 is 10.2 Å². The third-order valence-electron chi connectivity index (χ3n) is 4.63. The Morgan fingerprint density at radius 3 is 1.04 bits per heavy atom. The molecule has 0 spiro atoms. The second-order valence-electron chi connectivity index (χ2n) is 7.35. The Kier molecular flexibility index (Phi) is 26.7. The molecule has 27 heavy (non-hydrogen) atoms. The van der Waals surface area contributed by atoms with Gasteiger partial charge in [-0.1, -0.05) is 110 Å². The van der Waals surface area contributed by atoms with Crippen molar-refractivity contribution < 1.29 is 19.8 Å². The van der Waals surface area contributed by atoms with Crippen LogP contribution in [0.3, 0.4) is 0 Å². The quantitative estimate of drug-likeness (QED) is 0.158. The monoisotopic (exact) mass is 404 g/mol. The van der Waals surface area contributed by atoms with Gasteiger partial charge in [0.15, 0.2) is 0 Å². The van der Waals surface area contributed by atoms with Gasteiger partial charge >= 0.3 is 11.9 Å². The number of thiol groups is 1. The van der Waals surface area contributed by atoms with Crippen LogP contribution < -0.4 is 0 Å². The largest absolute Gasteiger partial charge is 0.481 e. The summed E-state index contributed by atoms with van der Waals surface area (Å²) in [6, 6.07) is 0. The Bertz CT molecular complexity index is 321. The summed E-state index contributed by atoms with van der Waals surface area (Å²) in [6.07, 6.45) is 23.1. The summed E-state index contributed by atoms with van der Waals surface area (Å²) in [5, 5.41) is 16.2. The molecule has 0 rings (SSSR count). The normalized spacial score (nSPS) is 10.3. The van der Waals surface area contributed by atoms with Gasteiger partial charge in [0.25, 0.3) is 0 Å². The molecule has 0 fully saturated rings. The summed E-state index contributed by atoms with van der Waals surface area (Å²) in [7, 11) is 0. The number of carboxylic acid groups (broad SMARTS) is 2. The molecule has 2 N–H and O–H groups in total. The number of carbonyl (C=O) groups is 2. The first-order chi connectivity index (χ1) is 13.0. The lowest BCUT2D eigenvalue weighted by atomic mass is 10.0. The molecule has 0 aliphatic heterocycles. The van der Waals surface area contributed by atoms with Gasteiger partial charge in [0, 0.05) is 6.42 Å². The van der Waals surface area contributed by atoms with Crippen LogP contribution in [0.5, 0.6) is 0 Å². The zero-order chi connectivity index (χ0) is 20.6. The highest BCUT2D eigenvalue weighted by Crippen LogP contribution is 2.14. The number of carboxylic acids is 2. The van der Waals surface area contributed by atoms with E-state index >= 15 is 0 Å². The first-order valence-electron chi connectivity index (χ1n) is 11.1. The average Bonchev–Trinajstić information content (AvgIpc) is 2.64. The molecule has 0 saturated heterocycles. The number of rotatable bonds is 19. The second kappa shape index (κ2) is 25.3. The zero-order valence-electron chi connectivity index (χ0n) is 17.6. The van der Waals surface area contributed by atoms with E-state index in [0.717, 1.165) is 12.8 Å². The highest BCUT2D eigenvalue weighted by Gasteiger charge is 1.97. The molecule has 5 heteroatoms. The fourth-order valence-electron chi connectivity index (χ4n) is 3.00. The van der Waals surface area contributed by atoms with E-state index in [4.69, 9.17) is 10.2 Å². The summed E-state index contributed by atoms with van der Waals surface area (Å²) in [6.45, 7) is 2.28. The van der Waals surface area contributed by atoms with Crippen LogP contribution in [0.4, 0.5) is 0 Å². The van der Waals surface area contributed by atoms with E-state index in [0.29, 0.717) is 6.42 Å². The predicted molar refractivity (Wildman–Crippen MR) is 118 cm³/mol. The lowest BCUT2D eigenvalue weighted by molar-refractivity contribution is -0.137. The van der Waals surface area contributed by atoms with Crippen LogP contribution in [0.1, 0.15) is 122 Å². The van der Waals surface area contributed by atoms with E-state index < -0.39 is 11.9 Å². The minimum Gasteiger partial charge on any atom is -0.481 e. The van der Waals surface area contributed by atoms with Gasteiger partial charge in [-0.25, -0.2) is 0 Å². The second-order valence-corrected chi connectivity index (χ2v) is 7.67. The summed E-state index contributed by atoms with van der Waals surface area (Å²) in [5.41, 5.74) is 0. The van der Waals surface area contributed by atoms with E-state index in [2.05, 4.69) is 19.6 Å². The van der Waals surface area contributed by atoms with Crippen molar-refractivity contribution in [2.75, 3.05) is 5.75 Å². The van der Waals surface area contributed by atoms with Crippen LogP contribution in [-0.2, 0) is 9.59 Å². The highest BCUT2D eigenvalue weighted by atomic mass is 32.1. The standard InChI is InChI=1S/C20H40O2.C2H4O2S/c1-2-3-4-5-6-7-8-9-10-11-12-13-14-15-16-17-18-19-20(21)22;3-2(4)1-5/h2-19H2,1H3,(H,21,22);5H,1H2,(H,3,4). The molecule has 162 valence electrons. The van der Waals surface area contributed by atoms with E-state index in [1.165, 1.54) is 96.3 Å². The molecule has 0 bridgehead atoms. The highest BCUT2D eigenvalue weighted by molar-refractivity contribution is 7.81. The Labute approximate surface area is 172 Å². The molecule has 0 aromatic rings. The van der Waals surface area contributed by atoms with E-state index in [1.54, 1.807) is 0 Å². The molecule has 0 saturated carbocycles. The Morgan fingerprint density at radius 1 is 0.556 bits per heavy atom. The molecule has 0 aliphatic carbocycles.